The summed E-state index contributed by atoms with van der Waals surface area (Å²) in [6.07, 6.45) is 3.01. The summed E-state index contributed by atoms with van der Waals surface area (Å²) in [6.45, 7) is 5.81. The largest absolute Gasteiger partial charge is 0.508 e. The van der Waals surface area contributed by atoms with Gasteiger partial charge in [-0.15, -0.1) is 0 Å². The van der Waals surface area contributed by atoms with E-state index in [0.717, 1.165) is 62.4 Å². The zero-order valence-electron chi connectivity index (χ0n) is 18.6. The van der Waals surface area contributed by atoms with Gasteiger partial charge in [0.1, 0.15) is 17.2 Å². The normalized spacial score (nSPS) is 14.3. The van der Waals surface area contributed by atoms with Crippen LogP contribution < -0.4 is 4.74 Å². The number of phenols is 2. The molecule has 0 saturated carbocycles. The predicted octanol–water partition coefficient (Wildman–Crippen LogP) is 5.98. The highest BCUT2D eigenvalue weighted by atomic mass is 16.5. The average molecular weight is 430 g/mol. The summed E-state index contributed by atoms with van der Waals surface area (Å²) < 4.78 is 5.69. The van der Waals surface area contributed by atoms with Crippen LogP contribution in [-0.4, -0.2) is 34.8 Å². The van der Waals surface area contributed by atoms with Gasteiger partial charge < -0.3 is 14.9 Å². The second-order valence-corrected chi connectivity index (χ2v) is 8.34. The first-order valence-electron chi connectivity index (χ1n) is 11.4. The van der Waals surface area contributed by atoms with Crippen molar-refractivity contribution in [1.29, 1.82) is 0 Å². The number of aromatic hydroxyl groups is 2. The van der Waals surface area contributed by atoms with Gasteiger partial charge in [-0.05, 0) is 77.9 Å². The number of phenolic OH excluding ortho intramolecular Hbond substituents is 2. The topological polar surface area (TPSA) is 52.9 Å². The fraction of sp³-hybridized carbons (Fsp3) is 0.286. The molecular formula is C28H31NO3. The molecule has 0 unspecified atom stereocenters. The van der Waals surface area contributed by atoms with Crippen molar-refractivity contribution in [1.82, 2.24) is 4.90 Å². The fourth-order valence-corrected chi connectivity index (χ4v) is 4.23. The number of hydrogen-bond donors (Lipinski definition) is 2. The Morgan fingerprint density at radius 1 is 0.781 bits per heavy atom. The van der Waals surface area contributed by atoms with E-state index < -0.39 is 0 Å². The molecule has 1 aliphatic heterocycles. The number of ether oxygens (including phenoxy) is 1. The van der Waals surface area contributed by atoms with Crippen molar-refractivity contribution in [3.05, 3.63) is 95.1 Å². The Bertz CT molecular complexity index is 980. The van der Waals surface area contributed by atoms with Gasteiger partial charge in [0, 0.05) is 19.6 Å². The van der Waals surface area contributed by atoms with Gasteiger partial charge in [0.05, 0.1) is 6.61 Å². The molecule has 32 heavy (non-hydrogen) atoms. The molecule has 1 saturated heterocycles. The molecule has 0 radical (unpaired) electrons. The van der Waals surface area contributed by atoms with Crippen molar-refractivity contribution in [3.8, 4) is 17.2 Å². The lowest BCUT2D eigenvalue weighted by Crippen LogP contribution is -2.30. The van der Waals surface area contributed by atoms with Crippen LogP contribution in [0.15, 0.2) is 78.4 Å². The zero-order valence-corrected chi connectivity index (χ0v) is 18.6. The zero-order chi connectivity index (χ0) is 22.3. The molecule has 3 aromatic rings. The van der Waals surface area contributed by atoms with Gasteiger partial charge in [-0.1, -0.05) is 48.9 Å². The number of piperidine rings is 1. The summed E-state index contributed by atoms with van der Waals surface area (Å²) in [5.41, 5.74) is 6.13. The summed E-state index contributed by atoms with van der Waals surface area (Å²) in [6, 6.07) is 23.3. The maximum atomic E-state index is 9.73. The summed E-state index contributed by atoms with van der Waals surface area (Å²) in [4.78, 5) is 2.50. The van der Waals surface area contributed by atoms with Crippen molar-refractivity contribution in [2.24, 2.45) is 0 Å². The maximum Gasteiger partial charge on any atom is 0.119 e. The molecule has 0 bridgehead atoms. The molecule has 0 aromatic heterocycles. The van der Waals surface area contributed by atoms with Gasteiger partial charge in [0.25, 0.3) is 0 Å². The van der Waals surface area contributed by atoms with Crippen LogP contribution in [0.3, 0.4) is 0 Å². The average Bonchev–Trinajstić information content (AvgIpc) is 2.82. The Morgan fingerprint density at radius 2 is 1.31 bits per heavy atom. The molecule has 4 heteroatoms. The summed E-state index contributed by atoms with van der Waals surface area (Å²) in [5, 5.41) is 19.5. The highest BCUT2D eigenvalue weighted by molar-refractivity contribution is 5.82. The molecule has 1 aliphatic rings. The SMILES string of the molecule is CCCOc1ccc(CN2CCC(=C(c3ccc(O)cc3)c3ccc(O)cc3)CC2)cc1. The molecule has 4 nitrogen and oxygen atoms in total. The molecule has 0 atom stereocenters. The van der Waals surface area contributed by atoms with Crippen molar-refractivity contribution in [3.63, 3.8) is 0 Å². The van der Waals surface area contributed by atoms with E-state index in [-0.39, 0.29) is 11.5 Å². The van der Waals surface area contributed by atoms with Crippen LogP contribution in [0.5, 0.6) is 17.2 Å². The Labute approximate surface area is 190 Å². The number of nitrogens with zero attached hydrogens (tertiary/aromatic N) is 1. The standard InChI is InChI=1S/C28H31NO3/c1-2-19-32-27-13-3-21(4-14-27)20-29-17-15-24(16-18-29)28(22-5-9-25(30)10-6-22)23-7-11-26(31)12-8-23/h3-14,30-31H,2,15-20H2,1H3. The minimum atomic E-state index is 0.268. The van der Waals surface area contributed by atoms with Crippen molar-refractivity contribution in [2.75, 3.05) is 19.7 Å². The Hall–Kier alpha value is -3.24. The van der Waals surface area contributed by atoms with Crippen LogP contribution in [0.4, 0.5) is 0 Å². The first kappa shape index (κ1) is 22.0. The van der Waals surface area contributed by atoms with Crippen LogP contribution in [0.1, 0.15) is 42.9 Å². The minimum Gasteiger partial charge on any atom is -0.508 e. The molecule has 3 aromatic carbocycles. The van der Waals surface area contributed by atoms with Crippen molar-refractivity contribution < 1.29 is 14.9 Å². The highest BCUT2D eigenvalue weighted by Gasteiger charge is 2.19. The Morgan fingerprint density at radius 3 is 1.81 bits per heavy atom. The maximum absolute atomic E-state index is 9.73. The van der Waals surface area contributed by atoms with E-state index in [2.05, 4.69) is 36.1 Å². The van der Waals surface area contributed by atoms with Crippen molar-refractivity contribution in [2.45, 2.75) is 32.7 Å². The van der Waals surface area contributed by atoms with E-state index in [1.807, 2.05) is 24.3 Å². The van der Waals surface area contributed by atoms with Gasteiger partial charge in [-0.2, -0.15) is 0 Å². The number of rotatable bonds is 7. The Balaban J connectivity index is 1.49. The Kier molecular flexibility index (Phi) is 7.13. The van der Waals surface area contributed by atoms with E-state index in [1.54, 1.807) is 24.3 Å². The van der Waals surface area contributed by atoms with E-state index in [4.69, 9.17) is 4.74 Å². The predicted molar refractivity (Wildman–Crippen MR) is 129 cm³/mol. The van der Waals surface area contributed by atoms with Gasteiger partial charge >= 0.3 is 0 Å². The molecule has 4 rings (SSSR count). The van der Waals surface area contributed by atoms with Crippen LogP contribution in [0.2, 0.25) is 0 Å². The van der Waals surface area contributed by atoms with Gasteiger partial charge in [0.2, 0.25) is 0 Å². The second kappa shape index (κ2) is 10.4. The molecular weight excluding hydrogens is 398 g/mol. The third-order valence-corrected chi connectivity index (χ3v) is 5.93. The quantitative estimate of drug-likeness (QED) is 0.485. The van der Waals surface area contributed by atoms with E-state index in [1.165, 1.54) is 16.7 Å². The van der Waals surface area contributed by atoms with Crippen LogP contribution in [-0.2, 0) is 6.54 Å². The second-order valence-electron chi connectivity index (χ2n) is 8.34. The molecule has 1 heterocycles. The van der Waals surface area contributed by atoms with E-state index in [0.29, 0.717) is 0 Å². The summed E-state index contributed by atoms with van der Waals surface area (Å²) in [5.74, 6) is 1.47. The molecule has 2 N–H and O–H groups in total. The molecule has 166 valence electrons. The number of hydrogen-bond acceptors (Lipinski definition) is 4. The molecule has 0 spiro atoms. The number of benzene rings is 3. The van der Waals surface area contributed by atoms with Crippen molar-refractivity contribution >= 4 is 5.57 Å². The van der Waals surface area contributed by atoms with Crippen LogP contribution in [0, 0.1) is 0 Å². The van der Waals surface area contributed by atoms with Gasteiger partial charge in [-0.3, -0.25) is 4.90 Å². The third kappa shape index (κ3) is 5.51. The minimum absolute atomic E-state index is 0.268. The molecule has 0 amide bonds. The van der Waals surface area contributed by atoms with Gasteiger partial charge in [0.15, 0.2) is 0 Å². The van der Waals surface area contributed by atoms with E-state index >= 15 is 0 Å². The smallest absolute Gasteiger partial charge is 0.119 e. The number of likely N-dealkylation sites (tertiary alicyclic amines) is 1. The van der Waals surface area contributed by atoms with Crippen LogP contribution >= 0.6 is 0 Å². The summed E-state index contributed by atoms with van der Waals surface area (Å²) in [7, 11) is 0. The monoisotopic (exact) mass is 429 g/mol. The highest BCUT2D eigenvalue weighted by Crippen LogP contribution is 2.34. The lowest BCUT2D eigenvalue weighted by molar-refractivity contribution is 0.248. The fourth-order valence-electron chi connectivity index (χ4n) is 4.23. The first-order chi connectivity index (χ1) is 15.6. The summed E-state index contributed by atoms with van der Waals surface area (Å²) >= 11 is 0. The lowest BCUT2D eigenvalue weighted by Gasteiger charge is -2.30. The van der Waals surface area contributed by atoms with Crippen LogP contribution in [0.25, 0.3) is 5.57 Å². The molecule has 1 fully saturated rings. The third-order valence-electron chi connectivity index (χ3n) is 5.93. The van der Waals surface area contributed by atoms with Gasteiger partial charge in [-0.25, -0.2) is 0 Å². The lowest BCUT2D eigenvalue weighted by atomic mass is 9.88. The molecule has 0 aliphatic carbocycles. The van der Waals surface area contributed by atoms with E-state index in [9.17, 15) is 10.2 Å². The first-order valence-corrected chi connectivity index (χ1v) is 11.4.